The van der Waals surface area contributed by atoms with Crippen molar-refractivity contribution in [3.05, 3.63) is 54.0 Å². The zero-order valence-electron chi connectivity index (χ0n) is 10.5. The SMILES string of the molecule is Cn1cc(C#Cc2ccccc2)c2c(N)ncnc21. The minimum atomic E-state index is 0.461. The van der Waals surface area contributed by atoms with E-state index < -0.39 is 0 Å². The Morgan fingerprint density at radius 1 is 1.11 bits per heavy atom. The molecule has 0 unspecified atom stereocenters. The van der Waals surface area contributed by atoms with Crippen molar-refractivity contribution in [2.24, 2.45) is 7.05 Å². The summed E-state index contributed by atoms with van der Waals surface area (Å²) in [6.45, 7) is 0. The van der Waals surface area contributed by atoms with Gasteiger partial charge in [0.1, 0.15) is 17.8 Å². The van der Waals surface area contributed by atoms with Crippen molar-refractivity contribution in [3.8, 4) is 11.8 Å². The average Bonchev–Trinajstić information content (AvgIpc) is 2.76. The summed E-state index contributed by atoms with van der Waals surface area (Å²) in [5.74, 6) is 6.72. The van der Waals surface area contributed by atoms with Crippen LogP contribution >= 0.6 is 0 Å². The molecule has 0 atom stereocenters. The van der Waals surface area contributed by atoms with Crippen molar-refractivity contribution < 1.29 is 0 Å². The first-order chi connectivity index (χ1) is 9.25. The van der Waals surface area contributed by atoms with Gasteiger partial charge in [-0.25, -0.2) is 9.97 Å². The maximum Gasteiger partial charge on any atom is 0.146 e. The molecule has 3 rings (SSSR count). The lowest BCUT2D eigenvalue weighted by Crippen LogP contribution is -1.94. The number of rotatable bonds is 0. The van der Waals surface area contributed by atoms with Crippen LogP contribution in [0.15, 0.2) is 42.9 Å². The van der Waals surface area contributed by atoms with E-state index in [0.29, 0.717) is 5.82 Å². The molecule has 0 saturated carbocycles. The molecule has 0 aliphatic heterocycles. The third-order valence-corrected chi connectivity index (χ3v) is 2.90. The number of hydrogen-bond donors (Lipinski definition) is 1. The normalized spacial score (nSPS) is 10.2. The summed E-state index contributed by atoms with van der Waals surface area (Å²) in [4.78, 5) is 8.24. The molecule has 4 heteroatoms. The molecular formula is C15H12N4. The Morgan fingerprint density at radius 3 is 2.68 bits per heavy atom. The van der Waals surface area contributed by atoms with Gasteiger partial charge in [0.05, 0.1) is 10.9 Å². The van der Waals surface area contributed by atoms with Crippen LogP contribution in [0.5, 0.6) is 0 Å². The van der Waals surface area contributed by atoms with E-state index in [1.54, 1.807) is 0 Å². The van der Waals surface area contributed by atoms with Crippen molar-refractivity contribution in [1.82, 2.24) is 14.5 Å². The molecule has 0 saturated heterocycles. The molecule has 2 aromatic heterocycles. The van der Waals surface area contributed by atoms with E-state index in [1.165, 1.54) is 6.33 Å². The fourth-order valence-electron chi connectivity index (χ4n) is 1.99. The zero-order chi connectivity index (χ0) is 13.2. The first-order valence-corrected chi connectivity index (χ1v) is 5.88. The highest BCUT2D eigenvalue weighted by Gasteiger charge is 2.09. The van der Waals surface area contributed by atoms with E-state index in [9.17, 15) is 0 Å². The Kier molecular flexibility index (Phi) is 2.66. The third kappa shape index (κ3) is 2.02. The van der Waals surface area contributed by atoms with Gasteiger partial charge in [-0.2, -0.15) is 0 Å². The predicted molar refractivity (Wildman–Crippen MR) is 75.3 cm³/mol. The van der Waals surface area contributed by atoms with Crippen molar-refractivity contribution >= 4 is 16.9 Å². The molecule has 4 nitrogen and oxygen atoms in total. The van der Waals surface area contributed by atoms with E-state index in [4.69, 9.17) is 5.73 Å². The minimum Gasteiger partial charge on any atom is -0.383 e. The smallest absolute Gasteiger partial charge is 0.146 e. The van der Waals surface area contributed by atoms with Gasteiger partial charge < -0.3 is 10.3 Å². The number of aryl methyl sites for hydroxylation is 1. The second kappa shape index (κ2) is 4.46. The fraction of sp³-hybridized carbons (Fsp3) is 0.0667. The lowest BCUT2D eigenvalue weighted by molar-refractivity contribution is 0.943. The van der Waals surface area contributed by atoms with Crippen molar-refractivity contribution in [2.45, 2.75) is 0 Å². The molecule has 0 bridgehead atoms. The summed E-state index contributed by atoms with van der Waals surface area (Å²) in [6.07, 6.45) is 3.39. The van der Waals surface area contributed by atoms with E-state index in [2.05, 4.69) is 21.8 Å². The van der Waals surface area contributed by atoms with Gasteiger partial charge >= 0.3 is 0 Å². The Bertz CT molecular complexity index is 791. The molecule has 2 heterocycles. The Balaban J connectivity index is 2.15. The summed E-state index contributed by atoms with van der Waals surface area (Å²) in [6, 6.07) is 9.83. The Morgan fingerprint density at radius 2 is 1.89 bits per heavy atom. The van der Waals surface area contributed by atoms with Gasteiger partial charge in [0.15, 0.2) is 0 Å². The highest BCUT2D eigenvalue weighted by atomic mass is 15.0. The Hall–Kier alpha value is -2.80. The summed E-state index contributed by atoms with van der Waals surface area (Å²) in [5.41, 5.74) is 8.52. The second-order valence-corrected chi connectivity index (χ2v) is 4.23. The van der Waals surface area contributed by atoms with Gasteiger partial charge in [-0.3, -0.25) is 0 Å². The van der Waals surface area contributed by atoms with Crippen molar-refractivity contribution in [2.75, 3.05) is 5.73 Å². The number of aromatic nitrogens is 3. The van der Waals surface area contributed by atoms with Crippen LogP contribution in [0.1, 0.15) is 11.1 Å². The molecule has 1 aromatic carbocycles. The van der Waals surface area contributed by atoms with Gasteiger partial charge in [0.2, 0.25) is 0 Å². The minimum absolute atomic E-state index is 0.461. The quantitative estimate of drug-likeness (QED) is 0.619. The van der Waals surface area contributed by atoms with Crippen LogP contribution in [0.2, 0.25) is 0 Å². The van der Waals surface area contributed by atoms with Crippen LogP contribution in [0.25, 0.3) is 11.0 Å². The summed E-state index contributed by atoms with van der Waals surface area (Å²) in [7, 11) is 1.92. The van der Waals surface area contributed by atoms with Crippen molar-refractivity contribution in [1.29, 1.82) is 0 Å². The van der Waals surface area contributed by atoms with Crippen LogP contribution in [-0.4, -0.2) is 14.5 Å². The maximum absolute atomic E-state index is 5.91. The molecule has 0 aliphatic rings. The second-order valence-electron chi connectivity index (χ2n) is 4.23. The average molecular weight is 248 g/mol. The number of fused-ring (bicyclic) bond motifs is 1. The largest absolute Gasteiger partial charge is 0.383 e. The molecular weight excluding hydrogens is 236 g/mol. The molecule has 2 N–H and O–H groups in total. The molecule has 0 radical (unpaired) electrons. The molecule has 0 spiro atoms. The highest BCUT2D eigenvalue weighted by molar-refractivity contribution is 5.92. The lowest BCUT2D eigenvalue weighted by atomic mass is 10.2. The number of anilines is 1. The molecule has 92 valence electrons. The number of nitrogen functional groups attached to an aromatic ring is 1. The lowest BCUT2D eigenvalue weighted by Gasteiger charge is -1.95. The molecule has 3 aromatic rings. The number of hydrogen-bond acceptors (Lipinski definition) is 3. The summed E-state index contributed by atoms with van der Waals surface area (Å²) in [5, 5.41) is 0.813. The van der Waals surface area contributed by atoms with Gasteiger partial charge in [-0.05, 0) is 12.1 Å². The van der Waals surface area contributed by atoms with Gasteiger partial charge in [0, 0.05) is 18.8 Å². The standard InChI is InChI=1S/C15H12N4/c1-19-9-12(8-7-11-5-3-2-4-6-11)13-14(16)17-10-18-15(13)19/h2-6,9-10H,1H3,(H2,16,17,18). The maximum atomic E-state index is 5.91. The zero-order valence-corrected chi connectivity index (χ0v) is 10.5. The number of benzene rings is 1. The van der Waals surface area contributed by atoms with Crippen molar-refractivity contribution in [3.63, 3.8) is 0 Å². The van der Waals surface area contributed by atoms with Crippen LogP contribution in [0.3, 0.4) is 0 Å². The predicted octanol–water partition coefficient (Wildman–Crippen LogP) is 1.95. The first-order valence-electron chi connectivity index (χ1n) is 5.88. The van der Waals surface area contributed by atoms with E-state index >= 15 is 0 Å². The number of nitrogens with zero attached hydrogens (tertiary/aromatic N) is 3. The molecule has 0 amide bonds. The highest BCUT2D eigenvalue weighted by Crippen LogP contribution is 2.21. The van der Waals surface area contributed by atoms with Crippen LogP contribution in [0.4, 0.5) is 5.82 Å². The Labute approximate surface area is 110 Å². The first kappa shape index (κ1) is 11.3. The van der Waals surface area contributed by atoms with E-state index in [-0.39, 0.29) is 0 Å². The van der Waals surface area contributed by atoms with E-state index in [1.807, 2.05) is 48.1 Å². The van der Waals surface area contributed by atoms with Gasteiger partial charge in [-0.15, -0.1) is 0 Å². The van der Waals surface area contributed by atoms with Crippen LogP contribution in [0, 0.1) is 11.8 Å². The fourth-order valence-corrected chi connectivity index (χ4v) is 1.99. The van der Waals surface area contributed by atoms with Crippen LogP contribution < -0.4 is 5.73 Å². The third-order valence-electron chi connectivity index (χ3n) is 2.90. The van der Waals surface area contributed by atoms with Crippen LogP contribution in [-0.2, 0) is 7.05 Å². The number of nitrogens with two attached hydrogens (primary N) is 1. The summed E-state index contributed by atoms with van der Waals surface area (Å²) < 4.78 is 1.91. The van der Waals surface area contributed by atoms with Gasteiger partial charge in [-0.1, -0.05) is 30.0 Å². The summed E-state index contributed by atoms with van der Waals surface area (Å²) >= 11 is 0. The van der Waals surface area contributed by atoms with Gasteiger partial charge in [0.25, 0.3) is 0 Å². The monoisotopic (exact) mass is 248 g/mol. The molecule has 0 fully saturated rings. The topological polar surface area (TPSA) is 56.7 Å². The molecule has 19 heavy (non-hydrogen) atoms. The molecule has 0 aliphatic carbocycles. The van der Waals surface area contributed by atoms with E-state index in [0.717, 1.165) is 22.2 Å².